The summed E-state index contributed by atoms with van der Waals surface area (Å²) < 4.78 is 0. The molecule has 0 spiro atoms. The van der Waals surface area contributed by atoms with Gasteiger partial charge in [0, 0.05) is 17.1 Å². The first kappa shape index (κ1) is 11.6. The fourth-order valence-corrected chi connectivity index (χ4v) is 2.32. The molecule has 0 saturated heterocycles. The summed E-state index contributed by atoms with van der Waals surface area (Å²) in [5, 5.41) is 5.87. The van der Waals surface area contributed by atoms with Gasteiger partial charge in [-0.3, -0.25) is 0 Å². The quantitative estimate of drug-likeness (QED) is 0.656. The van der Waals surface area contributed by atoms with E-state index in [0.717, 1.165) is 22.6 Å². The number of hydrogen-bond acceptors (Lipinski definition) is 2. The van der Waals surface area contributed by atoms with Crippen molar-refractivity contribution in [1.29, 1.82) is 0 Å². The standard InChI is InChI=1S/C17H16N2/c1-12-8-15(18)11-17(9-12)19-16-7-6-13-4-2-3-5-14(13)10-16/h2-11,19H,18H2,1H3. The smallest absolute Gasteiger partial charge is 0.0407 e. The monoisotopic (exact) mass is 248 g/mol. The van der Waals surface area contributed by atoms with E-state index in [-0.39, 0.29) is 0 Å². The minimum Gasteiger partial charge on any atom is -0.399 e. The molecule has 0 heterocycles. The normalized spacial score (nSPS) is 10.6. The summed E-state index contributed by atoms with van der Waals surface area (Å²) in [5.74, 6) is 0. The van der Waals surface area contributed by atoms with Crippen LogP contribution in [0.1, 0.15) is 5.56 Å². The van der Waals surface area contributed by atoms with Gasteiger partial charge in [-0.05, 0) is 53.6 Å². The fourth-order valence-electron chi connectivity index (χ4n) is 2.32. The Kier molecular flexibility index (Phi) is 2.84. The summed E-state index contributed by atoms with van der Waals surface area (Å²) in [6, 6.07) is 20.7. The zero-order valence-corrected chi connectivity index (χ0v) is 10.9. The van der Waals surface area contributed by atoms with Gasteiger partial charge >= 0.3 is 0 Å². The molecule has 0 amide bonds. The molecule has 0 fully saturated rings. The summed E-state index contributed by atoms with van der Waals surface area (Å²) in [4.78, 5) is 0. The summed E-state index contributed by atoms with van der Waals surface area (Å²) in [7, 11) is 0. The molecular weight excluding hydrogens is 232 g/mol. The molecule has 0 aliphatic heterocycles. The average molecular weight is 248 g/mol. The number of anilines is 3. The van der Waals surface area contributed by atoms with Gasteiger partial charge in [0.2, 0.25) is 0 Å². The Bertz CT molecular complexity index is 712. The lowest BCUT2D eigenvalue weighted by molar-refractivity contribution is 1.45. The van der Waals surface area contributed by atoms with E-state index in [1.807, 2.05) is 19.1 Å². The minimum absolute atomic E-state index is 0.781. The molecule has 3 N–H and O–H groups in total. The van der Waals surface area contributed by atoms with E-state index in [4.69, 9.17) is 5.73 Å². The maximum absolute atomic E-state index is 5.86. The molecule has 19 heavy (non-hydrogen) atoms. The van der Waals surface area contributed by atoms with Gasteiger partial charge in [-0.2, -0.15) is 0 Å². The van der Waals surface area contributed by atoms with Crippen LogP contribution in [-0.2, 0) is 0 Å². The van der Waals surface area contributed by atoms with Crippen LogP contribution in [0, 0.1) is 6.92 Å². The highest BCUT2D eigenvalue weighted by atomic mass is 14.9. The Morgan fingerprint density at radius 1 is 0.789 bits per heavy atom. The second-order valence-electron chi connectivity index (χ2n) is 4.82. The van der Waals surface area contributed by atoms with Gasteiger partial charge in [0.05, 0.1) is 0 Å². The molecule has 2 nitrogen and oxygen atoms in total. The summed E-state index contributed by atoms with van der Waals surface area (Å²) in [6.07, 6.45) is 0. The van der Waals surface area contributed by atoms with Gasteiger partial charge in [-0.25, -0.2) is 0 Å². The van der Waals surface area contributed by atoms with Gasteiger partial charge in [-0.1, -0.05) is 30.3 Å². The molecule has 0 aliphatic carbocycles. The maximum Gasteiger partial charge on any atom is 0.0407 e. The second-order valence-corrected chi connectivity index (χ2v) is 4.82. The van der Waals surface area contributed by atoms with Gasteiger partial charge in [-0.15, -0.1) is 0 Å². The number of benzene rings is 3. The number of nitrogens with one attached hydrogen (secondary N) is 1. The number of nitrogen functional groups attached to an aromatic ring is 1. The van der Waals surface area contributed by atoms with E-state index < -0.39 is 0 Å². The zero-order valence-electron chi connectivity index (χ0n) is 10.9. The lowest BCUT2D eigenvalue weighted by Gasteiger charge is -2.09. The lowest BCUT2D eigenvalue weighted by atomic mass is 10.1. The van der Waals surface area contributed by atoms with E-state index >= 15 is 0 Å². The van der Waals surface area contributed by atoms with Crippen LogP contribution in [0.5, 0.6) is 0 Å². The second kappa shape index (κ2) is 4.65. The van der Waals surface area contributed by atoms with Gasteiger partial charge in [0.1, 0.15) is 0 Å². The first-order valence-corrected chi connectivity index (χ1v) is 6.34. The number of hydrogen-bond donors (Lipinski definition) is 2. The summed E-state index contributed by atoms with van der Waals surface area (Å²) >= 11 is 0. The van der Waals surface area contributed by atoms with Crippen LogP contribution in [0.4, 0.5) is 17.1 Å². The molecule has 3 aromatic carbocycles. The number of nitrogens with two attached hydrogens (primary N) is 1. The number of fused-ring (bicyclic) bond motifs is 1. The van der Waals surface area contributed by atoms with Crippen molar-refractivity contribution in [1.82, 2.24) is 0 Å². The minimum atomic E-state index is 0.781. The molecule has 0 aliphatic rings. The van der Waals surface area contributed by atoms with Crippen LogP contribution in [0.3, 0.4) is 0 Å². The molecular formula is C17H16N2. The molecule has 0 atom stereocenters. The number of aryl methyl sites for hydroxylation is 1. The van der Waals surface area contributed by atoms with E-state index in [0.29, 0.717) is 0 Å². The van der Waals surface area contributed by atoms with Crippen molar-refractivity contribution in [3.8, 4) is 0 Å². The molecule has 0 bridgehead atoms. The molecule has 0 saturated carbocycles. The SMILES string of the molecule is Cc1cc(N)cc(Nc2ccc3ccccc3c2)c1. The van der Waals surface area contributed by atoms with Gasteiger partial charge in [0.25, 0.3) is 0 Å². The lowest BCUT2D eigenvalue weighted by Crippen LogP contribution is -1.93. The fraction of sp³-hybridized carbons (Fsp3) is 0.0588. The topological polar surface area (TPSA) is 38.0 Å². The Morgan fingerprint density at radius 2 is 1.58 bits per heavy atom. The highest BCUT2D eigenvalue weighted by Gasteiger charge is 1.99. The van der Waals surface area contributed by atoms with Crippen molar-refractivity contribution in [3.05, 3.63) is 66.2 Å². The van der Waals surface area contributed by atoms with Crippen molar-refractivity contribution in [3.63, 3.8) is 0 Å². The maximum atomic E-state index is 5.86. The first-order chi connectivity index (χ1) is 9.20. The van der Waals surface area contributed by atoms with Crippen molar-refractivity contribution >= 4 is 27.8 Å². The summed E-state index contributed by atoms with van der Waals surface area (Å²) in [5.41, 5.74) is 9.89. The van der Waals surface area contributed by atoms with E-state index in [9.17, 15) is 0 Å². The summed E-state index contributed by atoms with van der Waals surface area (Å²) in [6.45, 7) is 2.04. The van der Waals surface area contributed by atoms with Gasteiger partial charge < -0.3 is 11.1 Å². The van der Waals surface area contributed by atoms with Crippen LogP contribution in [0.25, 0.3) is 10.8 Å². The van der Waals surface area contributed by atoms with Crippen LogP contribution >= 0.6 is 0 Å². The zero-order chi connectivity index (χ0) is 13.2. The third-order valence-corrected chi connectivity index (χ3v) is 3.14. The van der Waals surface area contributed by atoms with Crippen LogP contribution < -0.4 is 11.1 Å². The van der Waals surface area contributed by atoms with Crippen LogP contribution in [0.2, 0.25) is 0 Å². The highest BCUT2D eigenvalue weighted by Crippen LogP contribution is 2.24. The highest BCUT2D eigenvalue weighted by molar-refractivity contribution is 5.86. The molecule has 3 aromatic rings. The molecule has 0 radical (unpaired) electrons. The Labute approximate surface area is 112 Å². The molecule has 3 rings (SSSR count). The Hall–Kier alpha value is -2.48. The van der Waals surface area contributed by atoms with Crippen LogP contribution in [0.15, 0.2) is 60.7 Å². The van der Waals surface area contributed by atoms with Crippen molar-refractivity contribution in [2.75, 3.05) is 11.1 Å². The van der Waals surface area contributed by atoms with Crippen LogP contribution in [-0.4, -0.2) is 0 Å². The Balaban J connectivity index is 1.96. The molecule has 94 valence electrons. The average Bonchev–Trinajstić information content (AvgIpc) is 2.37. The van der Waals surface area contributed by atoms with Gasteiger partial charge in [0.15, 0.2) is 0 Å². The molecule has 2 heteroatoms. The first-order valence-electron chi connectivity index (χ1n) is 6.34. The van der Waals surface area contributed by atoms with Crippen molar-refractivity contribution < 1.29 is 0 Å². The molecule has 0 aromatic heterocycles. The van der Waals surface area contributed by atoms with E-state index in [2.05, 4.69) is 53.8 Å². The van der Waals surface area contributed by atoms with Crippen molar-refractivity contribution in [2.45, 2.75) is 6.92 Å². The van der Waals surface area contributed by atoms with Crippen molar-refractivity contribution in [2.24, 2.45) is 0 Å². The third kappa shape index (κ3) is 2.52. The van der Waals surface area contributed by atoms with E-state index in [1.54, 1.807) is 0 Å². The third-order valence-electron chi connectivity index (χ3n) is 3.14. The Morgan fingerprint density at radius 3 is 2.37 bits per heavy atom. The predicted octanol–water partition coefficient (Wildman–Crippen LogP) is 4.47. The largest absolute Gasteiger partial charge is 0.399 e. The molecule has 0 unspecified atom stereocenters. The number of rotatable bonds is 2. The van der Waals surface area contributed by atoms with E-state index in [1.165, 1.54) is 10.8 Å². The predicted molar refractivity (Wildman–Crippen MR) is 82.8 cm³/mol.